The van der Waals surface area contributed by atoms with Crippen molar-refractivity contribution >= 4 is 28.9 Å². The van der Waals surface area contributed by atoms with E-state index in [2.05, 4.69) is 31.8 Å². The van der Waals surface area contributed by atoms with E-state index in [9.17, 15) is 14.7 Å². The maximum absolute atomic E-state index is 14.2. The van der Waals surface area contributed by atoms with Gasteiger partial charge < -0.3 is 19.5 Å². The van der Waals surface area contributed by atoms with E-state index < -0.39 is 5.97 Å². The van der Waals surface area contributed by atoms with Crippen molar-refractivity contribution in [1.29, 1.82) is 0 Å². The van der Waals surface area contributed by atoms with Crippen LogP contribution < -0.4 is 4.90 Å². The quantitative estimate of drug-likeness (QED) is 0.314. The number of carboxylic acids is 1. The van der Waals surface area contributed by atoms with Gasteiger partial charge in [0.1, 0.15) is 4.88 Å². The van der Waals surface area contributed by atoms with Crippen molar-refractivity contribution in [3.63, 3.8) is 0 Å². The first-order valence-electron chi connectivity index (χ1n) is 14.1. The lowest BCUT2D eigenvalue weighted by atomic mass is 9.79. The fraction of sp³-hybridized carbons (Fsp3) is 0.677. The Hall–Kier alpha value is -2.14. The van der Waals surface area contributed by atoms with E-state index in [0.717, 1.165) is 51.7 Å². The molecule has 38 heavy (non-hydrogen) atoms. The molecule has 0 spiro atoms. The molecule has 208 valence electrons. The Kier molecular flexibility index (Phi) is 9.39. The number of allylic oxidation sites excluding steroid dienone is 2. The molecular formula is C31H43NO5S. The fourth-order valence-corrected chi connectivity index (χ4v) is 6.66. The van der Waals surface area contributed by atoms with Crippen molar-refractivity contribution in [2.45, 2.75) is 91.7 Å². The average Bonchev–Trinajstić information content (AvgIpc) is 3.52. The zero-order valence-electron chi connectivity index (χ0n) is 23.5. The molecule has 0 radical (unpaired) electrons. The van der Waals surface area contributed by atoms with E-state index in [1.54, 1.807) is 0 Å². The molecule has 0 aromatic carbocycles. The normalized spacial score (nSPS) is 27.8. The van der Waals surface area contributed by atoms with Gasteiger partial charge in [-0.2, -0.15) is 0 Å². The lowest BCUT2D eigenvalue weighted by Gasteiger charge is -2.40. The summed E-state index contributed by atoms with van der Waals surface area (Å²) in [5, 5.41) is 10.1. The lowest BCUT2D eigenvalue weighted by molar-refractivity contribution is -0.124. The molecule has 1 aromatic heterocycles. The Morgan fingerprint density at radius 1 is 1.21 bits per heavy atom. The number of hydrogen-bond acceptors (Lipinski definition) is 5. The van der Waals surface area contributed by atoms with Crippen LogP contribution in [0.25, 0.3) is 0 Å². The molecule has 1 unspecified atom stereocenters. The summed E-state index contributed by atoms with van der Waals surface area (Å²) in [4.78, 5) is 29.4. The van der Waals surface area contributed by atoms with Gasteiger partial charge >= 0.3 is 5.97 Å². The highest BCUT2D eigenvalue weighted by molar-refractivity contribution is 7.15. The van der Waals surface area contributed by atoms with Gasteiger partial charge in [0.25, 0.3) is 0 Å². The van der Waals surface area contributed by atoms with Gasteiger partial charge in [-0.1, -0.05) is 30.4 Å². The Labute approximate surface area is 231 Å². The highest BCUT2D eigenvalue weighted by atomic mass is 32.1. The lowest BCUT2D eigenvalue weighted by Crippen LogP contribution is -2.47. The van der Waals surface area contributed by atoms with Crippen molar-refractivity contribution in [3.8, 4) is 11.8 Å². The number of thiophene rings is 1. The van der Waals surface area contributed by atoms with Crippen LogP contribution >= 0.6 is 11.3 Å². The van der Waals surface area contributed by atoms with Gasteiger partial charge in [0.15, 0.2) is 0 Å². The summed E-state index contributed by atoms with van der Waals surface area (Å²) >= 11 is 1.18. The second-order valence-electron chi connectivity index (χ2n) is 12.4. The van der Waals surface area contributed by atoms with Gasteiger partial charge in [0, 0.05) is 30.6 Å². The predicted octanol–water partition coefficient (Wildman–Crippen LogP) is 6.53. The number of ether oxygens (including phenoxy) is 2. The van der Waals surface area contributed by atoms with Crippen molar-refractivity contribution in [2.75, 3.05) is 24.7 Å². The first-order valence-corrected chi connectivity index (χ1v) is 14.9. The van der Waals surface area contributed by atoms with E-state index in [0.29, 0.717) is 29.5 Å². The van der Waals surface area contributed by atoms with Crippen LogP contribution in [0.4, 0.5) is 5.69 Å². The third-order valence-corrected chi connectivity index (χ3v) is 9.00. The summed E-state index contributed by atoms with van der Waals surface area (Å²) in [7, 11) is 0. The molecule has 3 atom stereocenters. The second kappa shape index (κ2) is 12.4. The van der Waals surface area contributed by atoms with Gasteiger partial charge in [0.2, 0.25) is 5.91 Å². The van der Waals surface area contributed by atoms with Crippen LogP contribution in [0.2, 0.25) is 0 Å². The molecule has 7 heteroatoms. The summed E-state index contributed by atoms with van der Waals surface area (Å²) < 4.78 is 11.5. The number of carbonyl (C=O) groups excluding carboxylic acids is 1. The van der Waals surface area contributed by atoms with E-state index in [1.165, 1.54) is 16.9 Å². The minimum atomic E-state index is -1.00. The number of carboxylic acid groups (broad SMARTS) is 1. The number of anilines is 1. The van der Waals surface area contributed by atoms with Crippen molar-refractivity contribution in [1.82, 2.24) is 0 Å². The van der Waals surface area contributed by atoms with Gasteiger partial charge in [-0.15, -0.1) is 11.3 Å². The van der Waals surface area contributed by atoms with Crippen LogP contribution in [-0.4, -0.2) is 48.9 Å². The van der Waals surface area contributed by atoms with E-state index >= 15 is 0 Å². The molecule has 2 heterocycles. The number of rotatable bonds is 7. The van der Waals surface area contributed by atoms with Crippen LogP contribution in [0, 0.1) is 35.0 Å². The Morgan fingerprint density at radius 2 is 1.95 bits per heavy atom. The molecule has 4 rings (SSSR count). The predicted molar refractivity (Wildman–Crippen MR) is 152 cm³/mol. The number of hydrogen-bond donors (Lipinski definition) is 1. The molecule has 2 fully saturated rings. The smallest absolute Gasteiger partial charge is 0.348 e. The number of amides is 1. The summed E-state index contributed by atoms with van der Waals surface area (Å²) in [5.41, 5.74) is 1.64. The molecule has 1 aliphatic heterocycles. The van der Waals surface area contributed by atoms with Gasteiger partial charge in [-0.3, -0.25) is 4.79 Å². The largest absolute Gasteiger partial charge is 0.477 e. The highest BCUT2D eigenvalue weighted by Crippen LogP contribution is 2.40. The fourth-order valence-electron chi connectivity index (χ4n) is 5.82. The molecule has 3 aliphatic rings. The molecule has 1 N–H and O–H groups in total. The molecular weight excluding hydrogens is 498 g/mol. The van der Waals surface area contributed by atoms with E-state index in [1.807, 2.05) is 31.7 Å². The Morgan fingerprint density at radius 3 is 2.55 bits per heavy atom. The van der Waals surface area contributed by atoms with Crippen LogP contribution in [-0.2, 0) is 14.3 Å². The molecule has 1 saturated carbocycles. The third-order valence-electron chi connectivity index (χ3n) is 7.97. The number of aromatic carboxylic acids is 1. The Balaban J connectivity index is 1.59. The summed E-state index contributed by atoms with van der Waals surface area (Å²) in [6.45, 7) is 12.5. The number of carbonyl (C=O) groups is 2. The molecule has 1 aromatic rings. The summed E-state index contributed by atoms with van der Waals surface area (Å²) in [6.07, 6.45) is 8.55. The van der Waals surface area contributed by atoms with Crippen molar-refractivity contribution < 1.29 is 24.2 Å². The second-order valence-corrected chi connectivity index (χ2v) is 13.5. The molecule has 2 aliphatic carbocycles. The van der Waals surface area contributed by atoms with E-state index in [-0.39, 0.29) is 40.2 Å². The number of nitrogens with zero attached hydrogens (tertiary/aromatic N) is 1. The maximum atomic E-state index is 14.2. The minimum absolute atomic E-state index is 0.0242. The summed E-state index contributed by atoms with van der Waals surface area (Å²) in [6, 6.07) is 1.82. The summed E-state index contributed by atoms with van der Waals surface area (Å²) in [5.74, 6) is 5.98. The minimum Gasteiger partial charge on any atom is -0.477 e. The average molecular weight is 542 g/mol. The van der Waals surface area contributed by atoms with Gasteiger partial charge in [-0.05, 0) is 90.5 Å². The first kappa shape index (κ1) is 28.9. The molecule has 6 nitrogen and oxygen atoms in total. The van der Waals surface area contributed by atoms with Crippen molar-refractivity contribution in [3.05, 3.63) is 27.5 Å². The van der Waals surface area contributed by atoms with Crippen LogP contribution in [0.5, 0.6) is 0 Å². The topological polar surface area (TPSA) is 76.1 Å². The monoisotopic (exact) mass is 541 g/mol. The first-order chi connectivity index (χ1) is 18.0. The Bertz CT molecular complexity index is 1090. The highest BCUT2D eigenvalue weighted by Gasteiger charge is 2.39. The third kappa shape index (κ3) is 7.28. The van der Waals surface area contributed by atoms with E-state index in [4.69, 9.17) is 9.47 Å². The van der Waals surface area contributed by atoms with Gasteiger partial charge in [-0.25, -0.2) is 4.79 Å². The zero-order chi connectivity index (χ0) is 27.4. The van der Waals surface area contributed by atoms with Gasteiger partial charge in [0.05, 0.1) is 23.3 Å². The maximum Gasteiger partial charge on any atom is 0.348 e. The molecule has 0 bridgehead atoms. The standard InChI is InChI=1S/C31H43NO5S/c1-20-6-11-26(21(2)16-20)29(33)32(23-9-7-22(8-10-23)18-37-24-13-15-36-19-24)27-17-25(12-14-31(3,4)5)38-28(27)30(34)35/h6,17,21-24,26H,7-11,13,15-16,18-19H2,1-5H3,(H,34,35)/t21-,22-,23-,24+,26?/m1/s1. The van der Waals surface area contributed by atoms with Crippen molar-refractivity contribution in [2.24, 2.45) is 23.2 Å². The van der Waals surface area contributed by atoms with Crippen LogP contribution in [0.1, 0.15) is 94.1 Å². The van der Waals surface area contributed by atoms with Crippen LogP contribution in [0.15, 0.2) is 17.7 Å². The molecule has 1 saturated heterocycles. The van der Waals surface area contributed by atoms with Crippen LogP contribution in [0.3, 0.4) is 0 Å². The molecule has 1 amide bonds. The SMILES string of the molecule is CC1=CCC(C(=O)N(c2cc(C#CC(C)(C)C)sc2C(=O)O)[C@H]2CC[C@H](CO[C@H]3CCOC3)CC2)[C@H](C)C1. The zero-order valence-corrected chi connectivity index (χ0v) is 24.4.